The molecule has 2 heterocycles. The summed E-state index contributed by atoms with van der Waals surface area (Å²) in [5.74, 6) is 0.469. The molecule has 0 aliphatic carbocycles. The van der Waals surface area contributed by atoms with Crippen molar-refractivity contribution >= 4 is 5.91 Å². The quantitative estimate of drug-likeness (QED) is 0.851. The lowest BCUT2D eigenvalue weighted by atomic mass is 10.2. The molecule has 0 bridgehead atoms. The molecule has 7 nitrogen and oxygen atoms in total. The third-order valence-corrected chi connectivity index (χ3v) is 2.92. The standard InChI is InChI=1S/C13H17N5O2/c1-3-6-18-9-15-16-11(18)7-14-13(20)10-4-5-12(19)17(2)8-10/h4-5,8-9H,3,6-7H2,1-2H3,(H,14,20). The fourth-order valence-corrected chi connectivity index (χ4v) is 1.83. The van der Waals surface area contributed by atoms with E-state index in [0.717, 1.165) is 13.0 Å². The summed E-state index contributed by atoms with van der Waals surface area (Å²) in [6, 6.07) is 2.88. The Bertz CT molecular complexity index is 659. The first-order valence-electron chi connectivity index (χ1n) is 6.43. The van der Waals surface area contributed by atoms with Crippen LogP contribution in [0.25, 0.3) is 0 Å². The Kier molecular flexibility index (Phi) is 4.29. The molecule has 1 N–H and O–H groups in total. The van der Waals surface area contributed by atoms with Gasteiger partial charge in [-0.3, -0.25) is 9.59 Å². The van der Waals surface area contributed by atoms with Gasteiger partial charge in [-0.1, -0.05) is 6.92 Å². The first-order chi connectivity index (χ1) is 9.61. The Morgan fingerprint density at radius 1 is 1.40 bits per heavy atom. The van der Waals surface area contributed by atoms with E-state index < -0.39 is 0 Å². The van der Waals surface area contributed by atoms with Crippen molar-refractivity contribution in [2.24, 2.45) is 7.05 Å². The van der Waals surface area contributed by atoms with E-state index in [9.17, 15) is 9.59 Å². The van der Waals surface area contributed by atoms with Crippen LogP contribution < -0.4 is 10.9 Å². The summed E-state index contributed by atoms with van der Waals surface area (Å²) in [7, 11) is 1.61. The van der Waals surface area contributed by atoms with Gasteiger partial charge in [0.2, 0.25) is 5.56 Å². The van der Waals surface area contributed by atoms with Crippen molar-refractivity contribution in [3.05, 3.63) is 46.4 Å². The molecule has 2 aromatic heterocycles. The predicted octanol–water partition coefficient (Wildman–Crippen LogP) is 0.317. The van der Waals surface area contributed by atoms with Gasteiger partial charge < -0.3 is 14.5 Å². The van der Waals surface area contributed by atoms with Crippen molar-refractivity contribution < 1.29 is 4.79 Å². The first kappa shape index (κ1) is 14.0. The van der Waals surface area contributed by atoms with E-state index in [1.807, 2.05) is 4.57 Å². The minimum atomic E-state index is -0.244. The van der Waals surface area contributed by atoms with Gasteiger partial charge in [0.05, 0.1) is 12.1 Å². The van der Waals surface area contributed by atoms with E-state index in [2.05, 4.69) is 22.4 Å². The molecule has 0 radical (unpaired) electrons. The summed E-state index contributed by atoms with van der Waals surface area (Å²) >= 11 is 0. The van der Waals surface area contributed by atoms with Crippen LogP contribution in [-0.2, 0) is 20.1 Å². The van der Waals surface area contributed by atoms with Crippen LogP contribution in [-0.4, -0.2) is 25.2 Å². The Balaban J connectivity index is 2.03. The summed E-state index contributed by atoms with van der Waals surface area (Å²) in [5.41, 5.74) is 0.290. The van der Waals surface area contributed by atoms with Crippen molar-refractivity contribution in [3.8, 4) is 0 Å². The smallest absolute Gasteiger partial charge is 0.253 e. The molecular weight excluding hydrogens is 258 g/mol. The topological polar surface area (TPSA) is 81.8 Å². The van der Waals surface area contributed by atoms with Gasteiger partial charge in [-0.2, -0.15) is 0 Å². The molecule has 0 aromatic carbocycles. The number of aryl methyl sites for hydroxylation is 2. The SMILES string of the molecule is CCCn1cnnc1CNC(=O)c1ccc(=O)n(C)c1. The number of aromatic nitrogens is 4. The normalized spacial score (nSPS) is 10.5. The molecule has 0 atom stereocenters. The molecule has 2 rings (SSSR count). The summed E-state index contributed by atoms with van der Waals surface area (Å²) in [6.45, 7) is 3.19. The lowest BCUT2D eigenvalue weighted by Crippen LogP contribution is -2.26. The van der Waals surface area contributed by atoms with Gasteiger partial charge >= 0.3 is 0 Å². The van der Waals surface area contributed by atoms with Crippen molar-refractivity contribution in [3.63, 3.8) is 0 Å². The van der Waals surface area contributed by atoms with E-state index >= 15 is 0 Å². The van der Waals surface area contributed by atoms with Gasteiger partial charge in [-0.15, -0.1) is 10.2 Å². The Morgan fingerprint density at radius 3 is 2.90 bits per heavy atom. The first-order valence-corrected chi connectivity index (χ1v) is 6.43. The third kappa shape index (κ3) is 3.11. The van der Waals surface area contributed by atoms with Crippen molar-refractivity contribution in [1.82, 2.24) is 24.6 Å². The fourth-order valence-electron chi connectivity index (χ4n) is 1.83. The second-order valence-corrected chi connectivity index (χ2v) is 4.49. The molecule has 0 aliphatic heterocycles. The zero-order valence-electron chi connectivity index (χ0n) is 11.5. The van der Waals surface area contributed by atoms with Crippen LogP contribution in [0.3, 0.4) is 0 Å². The van der Waals surface area contributed by atoms with Gasteiger partial charge in [0.15, 0.2) is 5.82 Å². The van der Waals surface area contributed by atoms with Gasteiger partial charge in [-0.25, -0.2) is 0 Å². The highest BCUT2D eigenvalue weighted by Gasteiger charge is 2.09. The van der Waals surface area contributed by atoms with Crippen molar-refractivity contribution in [2.45, 2.75) is 26.4 Å². The highest BCUT2D eigenvalue weighted by molar-refractivity contribution is 5.93. The lowest BCUT2D eigenvalue weighted by molar-refractivity contribution is 0.0948. The molecule has 0 saturated heterocycles. The molecule has 20 heavy (non-hydrogen) atoms. The molecule has 0 saturated carbocycles. The number of amides is 1. The number of hydrogen-bond acceptors (Lipinski definition) is 4. The largest absolute Gasteiger partial charge is 0.345 e. The highest BCUT2D eigenvalue weighted by atomic mass is 16.2. The Hall–Kier alpha value is -2.44. The van der Waals surface area contributed by atoms with Crippen LogP contribution in [0, 0.1) is 0 Å². The molecule has 1 amide bonds. The number of pyridine rings is 1. The molecule has 0 spiro atoms. The molecule has 0 aliphatic rings. The molecule has 2 aromatic rings. The second-order valence-electron chi connectivity index (χ2n) is 4.49. The third-order valence-electron chi connectivity index (χ3n) is 2.92. The maximum Gasteiger partial charge on any atom is 0.253 e. The van der Waals surface area contributed by atoms with E-state index in [4.69, 9.17) is 0 Å². The summed E-state index contributed by atoms with van der Waals surface area (Å²) < 4.78 is 3.27. The van der Waals surface area contributed by atoms with Gasteiger partial charge in [0.25, 0.3) is 5.91 Å². The zero-order chi connectivity index (χ0) is 14.5. The Morgan fingerprint density at radius 2 is 2.20 bits per heavy atom. The number of rotatable bonds is 5. The monoisotopic (exact) mass is 275 g/mol. The number of carbonyl (C=O) groups is 1. The number of nitrogens with one attached hydrogen (secondary N) is 1. The van der Waals surface area contributed by atoms with Crippen molar-refractivity contribution in [1.29, 1.82) is 0 Å². The average Bonchev–Trinajstić information content (AvgIpc) is 2.87. The van der Waals surface area contributed by atoms with E-state index in [-0.39, 0.29) is 11.5 Å². The summed E-state index contributed by atoms with van der Waals surface area (Å²) in [6.07, 6.45) is 4.13. The van der Waals surface area contributed by atoms with Crippen LogP contribution in [0.2, 0.25) is 0 Å². The highest BCUT2D eigenvalue weighted by Crippen LogP contribution is 1.99. The van der Waals surface area contributed by atoms with Crippen LogP contribution >= 0.6 is 0 Å². The summed E-state index contributed by atoms with van der Waals surface area (Å²) in [5, 5.41) is 10.6. The van der Waals surface area contributed by atoms with E-state index in [1.165, 1.54) is 22.9 Å². The van der Waals surface area contributed by atoms with E-state index in [0.29, 0.717) is 17.9 Å². The lowest BCUT2D eigenvalue weighted by Gasteiger charge is -2.07. The van der Waals surface area contributed by atoms with Crippen LogP contribution in [0.5, 0.6) is 0 Å². The predicted molar refractivity (Wildman–Crippen MR) is 73.2 cm³/mol. The maximum absolute atomic E-state index is 12.0. The Labute approximate surface area is 116 Å². The zero-order valence-corrected chi connectivity index (χ0v) is 11.5. The molecular formula is C13H17N5O2. The minimum Gasteiger partial charge on any atom is -0.345 e. The van der Waals surface area contributed by atoms with Gasteiger partial charge in [0, 0.05) is 25.9 Å². The van der Waals surface area contributed by atoms with E-state index in [1.54, 1.807) is 13.4 Å². The number of hydrogen-bond donors (Lipinski definition) is 1. The average molecular weight is 275 g/mol. The van der Waals surface area contributed by atoms with Crippen LogP contribution in [0.4, 0.5) is 0 Å². The molecule has 0 fully saturated rings. The van der Waals surface area contributed by atoms with Crippen LogP contribution in [0.15, 0.2) is 29.5 Å². The van der Waals surface area contributed by atoms with Gasteiger partial charge in [0.1, 0.15) is 6.33 Å². The molecule has 0 unspecified atom stereocenters. The fraction of sp³-hybridized carbons (Fsp3) is 0.385. The van der Waals surface area contributed by atoms with Crippen molar-refractivity contribution in [2.75, 3.05) is 0 Å². The molecule has 7 heteroatoms. The molecule has 106 valence electrons. The second kappa shape index (κ2) is 6.14. The van der Waals surface area contributed by atoms with Gasteiger partial charge in [-0.05, 0) is 12.5 Å². The minimum absolute atomic E-state index is 0.149. The number of nitrogens with zero attached hydrogens (tertiary/aromatic N) is 4. The maximum atomic E-state index is 12.0. The summed E-state index contributed by atoms with van der Waals surface area (Å²) in [4.78, 5) is 23.3. The number of carbonyl (C=O) groups excluding carboxylic acids is 1. The van der Waals surface area contributed by atoms with Crippen LogP contribution in [0.1, 0.15) is 29.5 Å².